The van der Waals surface area contributed by atoms with Gasteiger partial charge in [0.15, 0.2) is 0 Å². The Morgan fingerprint density at radius 1 is 1.35 bits per heavy atom. The third kappa shape index (κ3) is 3.83. The van der Waals surface area contributed by atoms with E-state index in [1.54, 1.807) is 12.1 Å². The topological polar surface area (TPSA) is 62.2 Å². The summed E-state index contributed by atoms with van der Waals surface area (Å²) >= 11 is 0. The van der Waals surface area contributed by atoms with E-state index in [1.165, 1.54) is 30.6 Å². The van der Waals surface area contributed by atoms with Crippen LogP contribution in [0.15, 0.2) is 42.7 Å². The number of anilines is 1. The summed E-state index contributed by atoms with van der Waals surface area (Å²) in [4.78, 5) is 15.0. The van der Waals surface area contributed by atoms with Gasteiger partial charge in [0.25, 0.3) is 0 Å². The molecule has 0 saturated carbocycles. The van der Waals surface area contributed by atoms with Crippen molar-refractivity contribution < 1.29 is 34.6 Å². The zero-order valence-electron chi connectivity index (χ0n) is 12.3. The molecule has 0 amide bonds. The molecule has 1 aromatic heterocycles. The maximum atomic E-state index is 12.8. The van der Waals surface area contributed by atoms with Crippen molar-refractivity contribution in [2.75, 3.05) is 5.32 Å². The second kappa shape index (κ2) is 7.08. The molecule has 0 bridgehead atoms. The predicted molar refractivity (Wildman–Crippen MR) is 70.7 cm³/mol. The molecule has 0 spiro atoms. The van der Waals surface area contributed by atoms with Crippen molar-refractivity contribution in [3.8, 4) is 0 Å². The third-order valence-corrected chi connectivity index (χ3v) is 2.79. The number of carboxylic acids is 1. The first-order valence-electron chi connectivity index (χ1n) is 5.77. The van der Waals surface area contributed by atoms with E-state index in [1.807, 2.05) is 6.92 Å². The number of rotatable bonds is 4. The Kier molecular flexibility index (Phi) is 5.75. The summed E-state index contributed by atoms with van der Waals surface area (Å²) in [5.74, 6) is -1.32. The number of nitrogens with one attached hydrogen (secondary N) is 1. The van der Waals surface area contributed by atoms with Crippen molar-refractivity contribution in [1.82, 2.24) is 4.98 Å². The number of hydrogen-bond acceptors (Lipinski definition) is 3. The minimum atomic E-state index is -1.02. The van der Waals surface area contributed by atoms with Gasteiger partial charge in [-0.3, -0.25) is 4.98 Å². The first-order chi connectivity index (χ1) is 9.08. The van der Waals surface area contributed by atoms with Crippen LogP contribution in [0.1, 0.15) is 30.3 Å². The number of pyridine rings is 1. The summed E-state index contributed by atoms with van der Waals surface area (Å²) < 4.78 is 12.8. The summed E-state index contributed by atoms with van der Waals surface area (Å²) in [6.45, 7) is 1.87. The Bertz CT molecular complexity index is 596. The Labute approximate surface area is 129 Å². The zero-order valence-corrected chi connectivity index (χ0v) is 11.3. The van der Waals surface area contributed by atoms with Crippen LogP contribution in [0.4, 0.5) is 10.1 Å². The van der Waals surface area contributed by atoms with Crippen molar-refractivity contribution in [2.24, 2.45) is 0 Å². The van der Waals surface area contributed by atoms with Crippen LogP contribution in [0, 0.1) is 5.82 Å². The van der Waals surface area contributed by atoms with Crippen LogP contribution < -0.4 is 24.2 Å². The first kappa shape index (κ1) is 16.2. The second-order valence-electron chi connectivity index (χ2n) is 4.14. The standard InChI is InChI=1S/C14H13FN2O2.Li.H/c1-9(10-2-4-11(15)5-3-10)17-13-8-16-7-6-12(13)14(18)19;;/h2-9,17H,1H3,(H,18,19);;/q;+1;-1. The van der Waals surface area contributed by atoms with E-state index in [2.05, 4.69) is 10.3 Å². The molecule has 6 heteroatoms. The van der Waals surface area contributed by atoms with E-state index >= 15 is 0 Å². The molecule has 1 unspecified atom stereocenters. The molecule has 20 heavy (non-hydrogen) atoms. The molecule has 2 N–H and O–H groups in total. The van der Waals surface area contributed by atoms with Crippen LogP contribution in [0.2, 0.25) is 0 Å². The summed E-state index contributed by atoms with van der Waals surface area (Å²) in [5.41, 5.74) is 1.46. The first-order valence-corrected chi connectivity index (χ1v) is 5.77. The number of benzene rings is 1. The van der Waals surface area contributed by atoms with Crippen LogP contribution in [-0.2, 0) is 0 Å². The quantitative estimate of drug-likeness (QED) is 0.778. The number of carbonyl (C=O) groups is 1. The predicted octanol–water partition coefficient (Wildman–Crippen LogP) is 0.208. The fourth-order valence-electron chi connectivity index (χ4n) is 1.76. The van der Waals surface area contributed by atoms with Crippen molar-refractivity contribution in [3.63, 3.8) is 0 Å². The molecule has 0 radical (unpaired) electrons. The van der Waals surface area contributed by atoms with Gasteiger partial charge in [-0.1, -0.05) is 12.1 Å². The number of carboxylic acid groups (broad SMARTS) is 1. The maximum Gasteiger partial charge on any atom is 1.00 e. The van der Waals surface area contributed by atoms with Gasteiger partial charge < -0.3 is 11.8 Å². The fourth-order valence-corrected chi connectivity index (χ4v) is 1.76. The third-order valence-electron chi connectivity index (χ3n) is 2.79. The molecular formula is C14H14FLiN2O2. The van der Waals surface area contributed by atoms with Crippen LogP contribution in [-0.4, -0.2) is 16.1 Å². The van der Waals surface area contributed by atoms with Gasteiger partial charge in [-0.15, -0.1) is 0 Å². The molecule has 0 aliphatic rings. The van der Waals surface area contributed by atoms with Gasteiger partial charge in [-0.05, 0) is 30.7 Å². The summed E-state index contributed by atoms with van der Waals surface area (Å²) in [6.07, 6.45) is 2.89. The summed E-state index contributed by atoms with van der Waals surface area (Å²) in [6, 6.07) is 7.34. The second-order valence-corrected chi connectivity index (χ2v) is 4.14. The molecule has 100 valence electrons. The van der Waals surface area contributed by atoms with E-state index < -0.39 is 5.97 Å². The number of aromatic carboxylic acids is 1. The minimum Gasteiger partial charge on any atom is -1.00 e. The Morgan fingerprint density at radius 3 is 2.60 bits per heavy atom. The molecule has 0 aliphatic heterocycles. The molecular weight excluding hydrogens is 254 g/mol. The molecule has 0 fully saturated rings. The number of halogens is 1. The van der Waals surface area contributed by atoms with Gasteiger partial charge in [-0.25, -0.2) is 9.18 Å². The number of aromatic nitrogens is 1. The molecule has 1 aromatic carbocycles. The van der Waals surface area contributed by atoms with Crippen molar-refractivity contribution in [1.29, 1.82) is 0 Å². The van der Waals surface area contributed by atoms with E-state index in [4.69, 9.17) is 5.11 Å². The molecule has 1 atom stereocenters. The molecule has 2 rings (SSSR count). The normalized spacial score (nSPS) is 11.3. The van der Waals surface area contributed by atoms with Crippen LogP contribution >= 0.6 is 0 Å². The van der Waals surface area contributed by atoms with Gasteiger partial charge in [0.05, 0.1) is 17.4 Å². The maximum absolute atomic E-state index is 12.8. The molecule has 4 nitrogen and oxygen atoms in total. The smallest absolute Gasteiger partial charge is 1.00 e. The van der Waals surface area contributed by atoms with E-state index in [0.29, 0.717) is 5.69 Å². The van der Waals surface area contributed by atoms with Gasteiger partial charge in [0, 0.05) is 12.2 Å². The van der Waals surface area contributed by atoms with Crippen LogP contribution in [0.5, 0.6) is 0 Å². The van der Waals surface area contributed by atoms with Crippen molar-refractivity contribution >= 4 is 11.7 Å². The molecule has 0 saturated heterocycles. The summed E-state index contributed by atoms with van der Waals surface area (Å²) in [5, 5.41) is 12.1. The Morgan fingerprint density at radius 2 is 2.00 bits per heavy atom. The van der Waals surface area contributed by atoms with E-state index in [0.717, 1.165) is 5.56 Å². The molecule has 1 heterocycles. The monoisotopic (exact) mass is 268 g/mol. The average molecular weight is 268 g/mol. The SMILES string of the molecule is CC(Nc1cnccc1C(=O)O)c1ccc(F)cc1.[H-].[Li+]. The van der Waals surface area contributed by atoms with Crippen molar-refractivity contribution in [2.45, 2.75) is 13.0 Å². The van der Waals surface area contributed by atoms with E-state index in [9.17, 15) is 9.18 Å². The molecule has 0 aliphatic carbocycles. The van der Waals surface area contributed by atoms with Gasteiger partial charge in [-0.2, -0.15) is 0 Å². The average Bonchev–Trinajstić information content (AvgIpc) is 2.39. The largest absolute Gasteiger partial charge is 1.00 e. The van der Waals surface area contributed by atoms with Gasteiger partial charge in [0.1, 0.15) is 5.82 Å². The summed E-state index contributed by atoms with van der Waals surface area (Å²) in [7, 11) is 0. The fraction of sp³-hybridized carbons (Fsp3) is 0.143. The van der Waals surface area contributed by atoms with Crippen LogP contribution in [0.25, 0.3) is 0 Å². The Hall–Kier alpha value is -1.83. The van der Waals surface area contributed by atoms with E-state index in [-0.39, 0.29) is 37.7 Å². The zero-order chi connectivity index (χ0) is 13.8. The van der Waals surface area contributed by atoms with Crippen LogP contribution in [0.3, 0.4) is 0 Å². The molecule has 2 aromatic rings. The van der Waals surface area contributed by atoms with Crippen molar-refractivity contribution in [3.05, 3.63) is 59.7 Å². The van der Waals surface area contributed by atoms with Gasteiger partial charge in [0.2, 0.25) is 0 Å². The number of hydrogen-bond donors (Lipinski definition) is 2. The number of nitrogens with zero attached hydrogens (tertiary/aromatic N) is 1. The Balaban J connectivity index is 0.00000200. The minimum absolute atomic E-state index is 0. The van der Waals surface area contributed by atoms with Gasteiger partial charge >= 0.3 is 24.8 Å².